The van der Waals surface area contributed by atoms with E-state index in [1.165, 1.54) is 10.9 Å². The van der Waals surface area contributed by atoms with Crippen LogP contribution in [0.1, 0.15) is 6.42 Å². The van der Waals surface area contributed by atoms with Crippen LogP contribution in [0.2, 0.25) is 0 Å². The number of ether oxygens (including phenoxy) is 1. The fourth-order valence-electron chi connectivity index (χ4n) is 3.12. The molecule has 0 radical (unpaired) electrons. The van der Waals surface area contributed by atoms with Gasteiger partial charge in [-0.2, -0.15) is 0 Å². The van der Waals surface area contributed by atoms with Crippen molar-refractivity contribution in [1.29, 1.82) is 0 Å². The summed E-state index contributed by atoms with van der Waals surface area (Å²) in [6.07, 6.45) is 2.53. The summed E-state index contributed by atoms with van der Waals surface area (Å²) in [5.74, 6) is 0.928. The molecule has 2 heterocycles. The topological polar surface area (TPSA) is 34.5 Å². The number of rotatable bonds is 3. The van der Waals surface area contributed by atoms with Crippen molar-refractivity contribution in [1.82, 2.24) is 4.57 Å². The first kappa shape index (κ1) is 13.9. The number of hydrogen-bond acceptors (Lipinski definition) is 2. The zero-order valence-electron chi connectivity index (χ0n) is 12.8. The molecule has 23 heavy (non-hydrogen) atoms. The van der Waals surface area contributed by atoms with Crippen molar-refractivity contribution in [2.24, 2.45) is 0 Å². The maximum absolute atomic E-state index is 12.6. The molecule has 4 heteroatoms. The van der Waals surface area contributed by atoms with Crippen LogP contribution >= 0.6 is 0 Å². The Hall–Kier alpha value is -2.75. The van der Waals surface area contributed by atoms with Gasteiger partial charge in [0.1, 0.15) is 12.4 Å². The highest BCUT2D eigenvalue weighted by Gasteiger charge is 2.22. The first-order valence-electron chi connectivity index (χ1n) is 7.89. The molecule has 1 amide bonds. The lowest BCUT2D eigenvalue weighted by molar-refractivity contribution is -0.119. The number of amides is 1. The lowest BCUT2D eigenvalue weighted by Gasteiger charge is -2.29. The van der Waals surface area contributed by atoms with Gasteiger partial charge in [-0.05, 0) is 29.7 Å². The molecule has 3 aromatic rings. The second-order valence-corrected chi connectivity index (χ2v) is 5.68. The van der Waals surface area contributed by atoms with E-state index in [1.807, 2.05) is 47.5 Å². The summed E-state index contributed by atoms with van der Waals surface area (Å²) < 4.78 is 7.75. The molecule has 2 aromatic carbocycles. The number of hydrogen-bond donors (Lipinski definition) is 0. The molecule has 1 aliphatic heterocycles. The molecule has 116 valence electrons. The quantitative estimate of drug-likeness (QED) is 0.742. The molecule has 4 rings (SSSR count). The van der Waals surface area contributed by atoms with Crippen molar-refractivity contribution in [2.75, 3.05) is 18.1 Å². The predicted octanol–water partition coefficient (Wildman–Crippen LogP) is 3.46. The molecule has 0 atom stereocenters. The van der Waals surface area contributed by atoms with Gasteiger partial charge in [-0.15, -0.1) is 0 Å². The van der Waals surface area contributed by atoms with Gasteiger partial charge in [-0.1, -0.05) is 30.3 Å². The summed E-state index contributed by atoms with van der Waals surface area (Å²) >= 11 is 0. The summed E-state index contributed by atoms with van der Waals surface area (Å²) in [5, 5.41) is 1.21. The second-order valence-electron chi connectivity index (χ2n) is 5.68. The van der Waals surface area contributed by atoms with Crippen LogP contribution in [0.3, 0.4) is 0 Å². The number of carbonyl (C=O) groups excluding carboxylic acids is 1. The van der Waals surface area contributed by atoms with E-state index < -0.39 is 0 Å². The fourth-order valence-corrected chi connectivity index (χ4v) is 3.12. The first-order valence-corrected chi connectivity index (χ1v) is 7.89. The van der Waals surface area contributed by atoms with Gasteiger partial charge in [0.05, 0.1) is 12.2 Å². The maximum atomic E-state index is 12.6. The minimum Gasteiger partial charge on any atom is -0.490 e. The average molecular weight is 306 g/mol. The maximum Gasteiger partial charge on any atom is 0.229 e. The van der Waals surface area contributed by atoms with E-state index in [1.54, 1.807) is 0 Å². The van der Waals surface area contributed by atoms with Gasteiger partial charge in [0.25, 0.3) is 0 Å². The van der Waals surface area contributed by atoms with E-state index in [0.717, 1.165) is 11.4 Å². The van der Waals surface area contributed by atoms with E-state index >= 15 is 0 Å². The molecule has 4 nitrogen and oxygen atoms in total. The van der Waals surface area contributed by atoms with Crippen molar-refractivity contribution >= 4 is 22.5 Å². The molecule has 0 fully saturated rings. The summed E-state index contributed by atoms with van der Waals surface area (Å²) in [4.78, 5) is 14.5. The standard InChI is InChI=1S/C19H18N2O2/c22-19(21-13-14-23-18-8-4-3-7-17(18)21)10-12-20-11-9-15-5-1-2-6-16(15)20/h1-9,11H,10,12-14H2. The first-order chi connectivity index (χ1) is 11.3. The van der Waals surface area contributed by atoms with Crippen LogP contribution in [0.25, 0.3) is 10.9 Å². The van der Waals surface area contributed by atoms with Crippen molar-refractivity contribution in [3.8, 4) is 5.75 Å². The number of aryl methyl sites for hydroxylation is 1. The molecule has 0 aliphatic carbocycles. The lowest BCUT2D eigenvalue weighted by atomic mass is 10.2. The van der Waals surface area contributed by atoms with Gasteiger partial charge in [0, 0.05) is 24.7 Å². The molecule has 0 unspecified atom stereocenters. The van der Waals surface area contributed by atoms with E-state index in [4.69, 9.17) is 4.74 Å². The van der Waals surface area contributed by atoms with E-state index in [2.05, 4.69) is 22.8 Å². The van der Waals surface area contributed by atoms with Crippen LogP contribution in [0.5, 0.6) is 5.75 Å². The number of benzene rings is 2. The van der Waals surface area contributed by atoms with E-state index in [-0.39, 0.29) is 5.91 Å². The van der Waals surface area contributed by atoms with Crippen LogP contribution in [0.15, 0.2) is 60.8 Å². The Kier molecular flexibility index (Phi) is 3.50. The zero-order valence-corrected chi connectivity index (χ0v) is 12.8. The third-order valence-electron chi connectivity index (χ3n) is 4.28. The monoisotopic (exact) mass is 306 g/mol. The van der Waals surface area contributed by atoms with Crippen LogP contribution in [-0.2, 0) is 11.3 Å². The highest BCUT2D eigenvalue weighted by atomic mass is 16.5. The molecule has 0 spiro atoms. The van der Waals surface area contributed by atoms with Crippen molar-refractivity contribution in [3.63, 3.8) is 0 Å². The Labute approximate surface area is 134 Å². The number of fused-ring (bicyclic) bond motifs is 2. The minimum absolute atomic E-state index is 0.138. The number of para-hydroxylation sites is 3. The van der Waals surface area contributed by atoms with Gasteiger partial charge >= 0.3 is 0 Å². The normalized spacial score (nSPS) is 13.7. The van der Waals surface area contributed by atoms with Crippen molar-refractivity contribution in [3.05, 3.63) is 60.8 Å². The van der Waals surface area contributed by atoms with Gasteiger partial charge < -0.3 is 14.2 Å². The third-order valence-corrected chi connectivity index (χ3v) is 4.28. The van der Waals surface area contributed by atoms with Gasteiger partial charge in [0.2, 0.25) is 5.91 Å². The summed E-state index contributed by atoms with van der Waals surface area (Å²) in [5.41, 5.74) is 2.05. The van der Waals surface area contributed by atoms with Crippen LogP contribution in [0.4, 0.5) is 5.69 Å². The van der Waals surface area contributed by atoms with E-state index in [9.17, 15) is 4.79 Å². The molecule has 0 saturated heterocycles. The Balaban J connectivity index is 1.51. The smallest absolute Gasteiger partial charge is 0.229 e. The summed E-state index contributed by atoms with van der Waals surface area (Å²) in [6, 6.07) is 18.0. The number of anilines is 1. The number of nitrogens with zero attached hydrogens (tertiary/aromatic N) is 2. The average Bonchev–Trinajstić information content (AvgIpc) is 3.02. The number of aromatic nitrogens is 1. The van der Waals surface area contributed by atoms with Gasteiger partial charge in [0.15, 0.2) is 0 Å². The summed E-state index contributed by atoms with van der Waals surface area (Å²) in [6.45, 7) is 1.85. The van der Waals surface area contributed by atoms with Crippen LogP contribution in [-0.4, -0.2) is 23.6 Å². The third kappa shape index (κ3) is 2.57. The summed E-state index contributed by atoms with van der Waals surface area (Å²) in [7, 11) is 0. The molecule has 0 N–H and O–H groups in total. The van der Waals surface area contributed by atoms with Gasteiger partial charge in [-0.3, -0.25) is 4.79 Å². The number of carbonyl (C=O) groups is 1. The predicted molar refractivity (Wildman–Crippen MR) is 90.8 cm³/mol. The molecular formula is C19H18N2O2. The Morgan fingerprint density at radius 3 is 2.83 bits per heavy atom. The molecule has 0 bridgehead atoms. The van der Waals surface area contributed by atoms with Crippen molar-refractivity contribution in [2.45, 2.75) is 13.0 Å². The molecular weight excluding hydrogens is 288 g/mol. The molecule has 1 aliphatic rings. The fraction of sp³-hybridized carbons (Fsp3) is 0.211. The minimum atomic E-state index is 0.138. The van der Waals surface area contributed by atoms with Crippen molar-refractivity contribution < 1.29 is 9.53 Å². The second kappa shape index (κ2) is 5.80. The Bertz CT molecular complexity index is 853. The van der Waals surface area contributed by atoms with E-state index in [0.29, 0.717) is 26.1 Å². The van der Waals surface area contributed by atoms with Gasteiger partial charge in [-0.25, -0.2) is 0 Å². The zero-order chi connectivity index (χ0) is 15.6. The SMILES string of the molecule is O=C(CCn1ccc2ccccc21)N1CCOc2ccccc21. The Morgan fingerprint density at radius 2 is 1.87 bits per heavy atom. The lowest BCUT2D eigenvalue weighted by Crippen LogP contribution is -2.38. The molecule has 0 saturated carbocycles. The molecule has 1 aromatic heterocycles. The Morgan fingerprint density at radius 1 is 1.04 bits per heavy atom. The highest BCUT2D eigenvalue weighted by molar-refractivity contribution is 5.95. The van der Waals surface area contributed by atoms with Crippen LogP contribution < -0.4 is 9.64 Å². The van der Waals surface area contributed by atoms with Crippen LogP contribution in [0, 0.1) is 0 Å². The largest absolute Gasteiger partial charge is 0.490 e. The highest BCUT2D eigenvalue weighted by Crippen LogP contribution is 2.31.